The molecule has 0 atom stereocenters. The molecule has 3 N–H and O–H groups in total. The zero-order valence-corrected chi connectivity index (χ0v) is 19.6. The number of fused-ring (bicyclic) bond motifs is 2. The summed E-state index contributed by atoms with van der Waals surface area (Å²) in [7, 11) is 0. The summed E-state index contributed by atoms with van der Waals surface area (Å²) in [6.07, 6.45) is 4.15. The third-order valence-electron chi connectivity index (χ3n) is 6.31. The van der Waals surface area contributed by atoms with Crippen LogP contribution < -0.4 is 10.6 Å². The second-order valence-corrected chi connectivity index (χ2v) is 9.14. The van der Waals surface area contributed by atoms with Crippen LogP contribution in [0.2, 0.25) is 0 Å². The van der Waals surface area contributed by atoms with Crippen LogP contribution in [0.1, 0.15) is 18.4 Å². The van der Waals surface area contributed by atoms with Gasteiger partial charge in [0, 0.05) is 47.0 Å². The first kappa shape index (κ1) is 22.8. The van der Waals surface area contributed by atoms with E-state index in [1.54, 1.807) is 12.3 Å². The highest BCUT2D eigenvalue weighted by Crippen LogP contribution is 2.37. The van der Waals surface area contributed by atoms with Crippen molar-refractivity contribution in [2.24, 2.45) is 0 Å². The average Bonchev–Trinajstić information content (AvgIpc) is 3.34. The molecule has 0 radical (unpaired) electrons. The molecule has 0 aliphatic heterocycles. The van der Waals surface area contributed by atoms with Crippen molar-refractivity contribution in [3.05, 3.63) is 84.6 Å². The van der Waals surface area contributed by atoms with Crippen LogP contribution in [-0.4, -0.2) is 38.0 Å². The van der Waals surface area contributed by atoms with Gasteiger partial charge in [-0.3, -0.25) is 9.89 Å². The number of carbonyl (C=O) groups is 1. The number of rotatable bonds is 6. The van der Waals surface area contributed by atoms with Crippen molar-refractivity contribution in [1.82, 2.24) is 25.5 Å². The first-order valence-corrected chi connectivity index (χ1v) is 11.9. The topological polar surface area (TPSA) is 95.6 Å². The van der Waals surface area contributed by atoms with Gasteiger partial charge in [-0.1, -0.05) is 30.3 Å². The summed E-state index contributed by atoms with van der Waals surface area (Å²) in [5.74, 6) is -1.87. The highest BCUT2D eigenvalue weighted by molar-refractivity contribution is 5.94. The fourth-order valence-corrected chi connectivity index (χ4v) is 4.42. The maximum absolute atomic E-state index is 13.0. The molecule has 3 aromatic carbocycles. The van der Waals surface area contributed by atoms with Crippen molar-refractivity contribution in [3.63, 3.8) is 0 Å². The number of para-hydroxylation sites is 1. The van der Waals surface area contributed by atoms with E-state index < -0.39 is 17.9 Å². The van der Waals surface area contributed by atoms with Gasteiger partial charge in [0.05, 0.1) is 17.2 Å². The van der Waals surface area contributed by atoms with E-state index in [9.17, 15) is 13.6 Å². The number of aromatic nitrogens is 4. The lowest BCUT2D eigenvalue weighted by molar-refractivity contribution is -0.124. The van der Waals surface area contributed by atoms with Gasteiger partial charge in [0.1, 0.15) is 5.82 Å². The summed E-state index contributed by atoms with van der Waals surface area (Å²) in [6.45, 7) is 0. The van der Waals surface area contributed by atoms with Gasteiger partial charge in [0.15, 0.2) is 5.82 Å². The van der Waals surface area contributed by atoms with Gasteiger partial charge < -0.3 is 10.6 Å². The number of carbonyl (C=O) groups excluding carboxylic acids is 1. The molecule has 1 amide bonds. The molecular weight excluding hydrogens is 474 g/mol. The molecule has 0 saturated heterocycles. The van der Waals surface area contributed by atoms with Gasteiger partial charge in [0.2, 0.25) is 5.91 Å². The Morgan fingerprint density at radius 3 is 2.76 bits per heavy atom. The number of hydrogen-bond acceptors (Lipinski definition) is 5. The van der Waals surface area contributed by atoms with E-state index in [2.05, 4.69) is 20.8 Å². The zero-order chi connectivity index (χ0) is 25.4. The quantitative estimate of drug-likeness (QED) is 0.257. The Balaban J connectivity index is 1.27. The molecule has 1 fully saturated rings. The minimum absolute atomic E-state index is 0.312. The summed E-state index contributed by atoms with van der Waals surface area (Å²) < 4.78 is 26.0. The maximum Gasteiger partial charge on any atom is 0.252 e. The largest absolute Gasteiger partial charge is 0.349 e. The number of aromatic amines is 1. The number of benzene rings is 3. The van der Waals surface area contributed by atoms with E-state index in [1.165, 1.54) is 6.08 Å². The molecule has 37 heavy (non-hydrogen) atoms. The monoisotopic (exact) mass is 496 g/mol. The standard InChI is InChI=1S/C28H22F2N6O/c29-28(30)14-21(15-28)32-25(37)11-8-17-4-3-5-18(12-17)26-34-24-7-2-1-6-22(24)27(35-26)33-20-9-10-23-19(13-20)16-31-36-23/h1-13,16,21H,14-15H2,(H,31,36)(H,32,37)(H,33,34,35)/b11-8+. The van der Waals surface area contributed by atoms with E-state index in [4.69, 9.17) is 9.97 Å². The number of amides is 1. The highest BCUT2D eigenvalue weighted by atomic mass is 19.3. The first-order valence-electron chi connectivity index (χ1n) is 11.9. The van der Waals surface area contributed by atoms with Crippen LogP contribution >= 0.6 is 0 Å². The average molecular weight is 497 g/mol. The number of hydrogen-bond donors (Lipinski definition) is 3. The summed E-state index contributed by atoms with van der Waals surface area (Å²) in [5, 5.41) is 14.9. The van der Waals surface area contributed by atoms with E-state index in [1.807, 2.05) is 66.7 Å². The normalized spacial score (nSPS) is 15.2. The molecule has 0 bridgehead atoms. The summed E-state index contributed by atoms with van der Waals surface area (Å²) in [4.78, 5) is 21.7. The smallest absolute Gasteiger partial charge is 0.252 e. The van der Waals surface area contributed by atoms with Crippen molar-refractivity contribution < 1.29 is 13.6 Å². The molecule has 1 aliphatic rings. The molecule has 9 heteroatoms. The van der Waals surface area contributed by atoms with Crippen LogP contribution in [0.15, 0.2) is 79.0 Å². The highest BCUT2D eigenvalue weighted by Gasteiger charge is 2.45. The molecule has 0 spiro atoms. The van der Waals surface area contributed by atoms with Crippen LogP contribution in [-0.2, 0) is 4.79 Å². The molecule has 2 heterocycles. The van der Waals surface area contributed by atoms with Gasteiger partial charge in [-0.15, -0.1) is 0 Å². The maximum atomic E-state index is 13.0. The third kappa shape index (κ3) is 4.88. The number of nitrogens with zero attached hydrogens (tertiary/aromatic N) is 3. The van der Waals surface area contributed by atoms with Crippen molar-refractivity contribution in [3.8, 4) is 11.4 Å². The number of H-pyrrole nitrogens is 1. The van der Waals surface area contributed by atoms with Crippen molar-refractivity contribution in [2.75, 3.05) is 5.32 Å². The fraction of sp³-hybridized carbons (Fsp3) is 0.143. The van der Waals surface area contributed by atoms with Gasteiger partial charge in [-0.2, -0.15) is 5.10 Å². The molecule has 2 aromatic heterocycles. The lowest BCUT2D eigenvalue weighted by atomic mass is 9.88. The number of anilines is 2. The Bertz CT molecular complexity index is 1650. The van der Waals surface area contributed by atoms with Crippen molar-refractivity contribution in [1.29, 1.82) is 0 Å². The van der Waals surface area contributed by atoms with Crippen LogP contribution in [0, 0.1) is 0 Å². The first-order chi connectivity index (χ1) is 17.9. The van der Waals surface area contributed by atoms with Crippen molar-refractivity contribution >= 4 is 45.3 Å². The second kappa shape index (κ2) is 9.09. The molecular formula is C28H22F2N6O. The van der Waals surface area contributed by atoms with Crippen LogP contribution in [0.3, 0.4) is 0 Å². The van der Waals surface area contributed by atoms with Crippen LogP contribution in [0.25, 0.3) is 39.3 Å². The van der Waals surface area contributed by atoms with Crippen LogP contribution in [0.4, 0.5) is 20.3 Å². The predicted octanol–water partition coefficient (Wildman–Crippen LogP) is 5.84. The van der Waals surface area contributed by atoms with E-state index in [-0.39, 0.29) is 12.8 Å². The summed E-state index contributed by atoms with van der Waals surface area (Å²) >= 11 is 0. The second-order valence-electron chi connectivity index (χ2n) is 9.14. The number of halogens is 2. The minimum Gasteiger partial charge on any atom is -0.349 e. The Hall–Kier alpha value is -4.66. The summed E-state index contributed by atoms with van der Waals surface area (Å²) in [6, 6.07) is 20.7. The van der Waals surface area contributed by atoms with Crippen molar-refractivity contribution in [2.45, 2.75) is 24.8 Å². The van der Waals surface area contributed by atoms with Gasteiger partial charge in [-0.05, 0) is 48.0 Å². The predicted molar refractivity (Wildman–Crippen MR) is 139 cm³/mol. The Morgan fingerprint density at radius 2 is 1.89 bits per heavy atom. The lowest BCUT2D eigenvalue weighted by Gasteiger charge is -2.34. The van der Waals surface area contributed by atoms with E-state index in [0.29, 0.717) is 11.6 Å². The molecule has 5 aromatic rings. The molecule has 1 aliphatic carbocycles. The van der Waals surface area contributed by atoms with Gasteiger partial charge in [-0.25, -0.2) is 18.7 Å². The SMILES string of the molecule is O=C(/C=C/c1cccc(-c2nc(Nc3ccc4[nH]ncc4c3)c3ccccc3n2)c1)NC1CC(F)(F)C1. The molecule has 184 valence electrons. The number of nitrogens with one attached hydrogen (secondary N) is 3. The number of alkyl halides is 2. The zero-order valence-electron chi connectivity index (χ0n) is 19.6. The van der Waals surface area contributed by atoms with Crippen LogP contribution in [0.5, 0.6) is 0 Å². The third-order valence-corrected chi connectivity index (χ3v) is 6.31. The summed E-state index contributed by atoms with van der Waals surface area (Å²) in [5.41, 5.74) is 4.15. The van der Waals surface area contributed by atoms with E-state index >= 15 is 0 Å². The van der Waals surface area contributed by atoms with Gasteiger partial charge in [0.25, 0.3) is 5.92 Å². The van der Waals surface area contributed by atoms with Gasteiger partial charge >= 0.3 is 0 Å². The minimum atomic E-state index is -2.67. The molecule has 6 rings (SSSR count). The Labute approximate surface area is 210 Å². The molecule has 1 saturated carbocycles. The lowest BCUT2D eigenvalue weighted by Crippen LogP contribution is -2.50. The van der Waals surface area contributed by atoms with E-state index in [0.717, 1.165) is 38.6 Å². The Morgan fingerprint density at radius 1 is 1.03 bits per heavy atom. The molecule has 0 unspecified atom stereocenters. The fourth-order valence-electron chi connectivity index (χ4n) is 4.42. The Kier molecular flexibility index (Phi) is 5.60. The molecule has 7 nitrogen and oxygen atoms in total.